The van der Waals surface area contributed by atoms with Crippen LogP contribution in [0.15, 0.2) is 53.4 Å². The number of amides is 3. The molecular weight excluding hydrogens is 434 g/mol. The molecule has 1 atom stereocenters. The first-order valence-corrected chi connectivity index (χ1v) is 12.8. The minimum absolute atomic E-state index is 0.105. The highest BCUT2D eigenvalue weighted by Gasteiger charge is 2.39. The Morgan fingerprint density at radius 1 is 0.939 bits per heavy atom. The van der Waals surface area contributed by atoms with E-state index in [1.807, 2.05) is 30.3 Å². The van der Waals surface area contributed by atoms with Crippen LogP contribution >= 0.6 is 11.8 Å². The molecule has 1 saturated heterocycles. The molecule has 4 rings (SSSR count). The summed E-state index contributed by atoms with van der Waals surface area (Å²) < 4.78 is 0. The number of carbonyl (C=O) groups is 3. The number of piperidine rings is 1. The molecule has 3 amide bonds. The number of hydrogen-bond donors (Lipinski definition) is 2. The summed E-state index contributed by atoms with van der Waals surface area (Å²) in [6.07, 6.45) is 6.65. The fourth-order valence-corrected chi connectivity index (χ4v) is 5.51. The van der Waals surface area contributed by atoms with E-state index in [0.717, 1.165) is 29.2 Å². The number of carbonyl (C=O) groups excluding carboxylic acids is 3. The predicted molar refractivity (Wildman–Crippen MR) is 131 cm³/mol. The SMILES string of the molecule is O=C1CCC(N2Cc3c(SCCCCCCCNc4ccccc4)cccc3C2=O)C(=O)N1. The van der Waals surface area contributed by atoms with Crippen LogP contribution < -0.4 is 10.6 Å². The van der Waals surface area contributed by atoms with E-state index in [-0.39, 0.29) is 24.1 Å². The molecule has 7 heteroatoms. The normalized spacial score (nSPS) is 17.8. The molecule has 33 heavy (non-hydrogen) atoms. The number of hydrogen-bond acceptors (Lipinski definition) is 5. The van der Waals surface area contributed by atoms with Gasteiger partial charge in [0.05, 0.1) is 0 Å². The Morgan fingerprint density at radius 2 is 1.73 bits per heavy atom. The van der Waals surface area contributed by atoms with Gasteiger partial charge in [0.25, 0.3) is 5.91 Å². The highest BCUT2D eigenvalue weighted by Crippen LogP contribution is 2.34. The average molecular weight is 466 g/mol. The molecule has 0 radical (unpaired) electrons. The van der Waals surface area contributed by atoms with E-state index in [2.05, 4.69) is 28.8 Å². The molecular formula is C26H31N3O3S. The Kier molecular flexibility index (Phi) is 8.05. The molecule has 0 saturated carbocycles. The second-order valence-electron chi connectivity index (χ2n) is 8.59. The zero-order valence-corrected chi connectivity index (χ0v) is 19.7. The van der Waals surface area contributed by atoms with Crippen LogP contribution in [0.5, 0.6) is 0 Å². The van der Waals surface area contributed by atoms with Gasteiger partial charge in [-0.15, -0.1) is 11.8 Å². The number of nitrogens with one attached hydrogen (secondary N) is 2. The van der Waals surface area contributed by atoms with Gasteiger partial charge in [-0.25, -0.2) is 0 Å². The third kappa shape index (κ3) is 5.96. The van der Waals surface area contributed by atoms with Gasteiger partial charge in [-0.1, -0.05) is 43.5 Å². The lowest BCUT2D eigenvalue weighted by atomic mass is 10.0. The molecule has 174 valence electrons. The highest BCUT2D eigenvalue weighted by molar-refractivity contribution is 7.99. The standard InChI is InChI=1S/C26H31N3O3S/c30-24-15-14-22(25(31)28-24)29-18-21-20(26(29)32)12-9-13-23(21)33-17-8-3-1-2-7-16-27-19-10-5-4-6-11-19/h4-6,9-13,22,27H,1-3,7-8,14-18H2,(H,28,30,31). The van der Waals surface area contributed by atoms with Crippen molar-refractivity contribution in [3.05, 3.63) is 59.7 Å². The van der Waals surface area contributed by atoms with Crippen molar-refractivity contribution in [2.45, 2.75) is 62.4 Å². The molecule has 1 fully saturated rings. The number of imide groups is 1. The number of unbranched alkanes of at least 4 members (excludes halogenated alkanes) is 4. The number of rotatable bonds is 11. The summed E-state index contributed by atoms with van der Waals surface area (Å²) in [6, 6.07) is 15.6. The van der Waals surface area contributed by atoms with Crippen LogP contribution in [-0.2, 0) is 16.1 Å². The molecule has 2 heterocycles. The Morgan fingerprint density at radius 3 is 2.55 bits per heavy atom. The smallest absolute Gasteiger partial charge is 0.255 e. The van der Waals surface area contributed by atoms with Gasteiger partial charge in [0, 0.05) is 35.7 Å². The van der Waals surface area contributed by atoms with E-state index in [9.17, 15) is 14.4 Å². The second kappa shape index (κ2) is 11.4. The van der Waals surface area contributed by atoms with Gasteiger partial charge in [-0.3, -0.25) is 19.7 Å². The number of para-hydroxylation sites is 1. The van der Waals surface area contributed by atoms with Crippen molar-refractivity contribution < 1.29 is 14.4 Å². The van der Waals surface area contributed by atoms with Crippen molar-refractivity contribution in [2.75, 3.05) is 17.6 Å². The van der Waals surface area contributed by atoms with Crippen LogP contribution in [0, 0.1) is 0 Å². The summed E-state index contributed by atoms with van der Waals surface area (Å²) in [5, 5.41) is 5.81. The summed E-state index contributed by atoms with van der Waals surface area (Å²) in [5.41, 5.74) is 2.89. The molecule has 2 N–H and O–H groups in total. The zero-order chi connectivity index (χ0) is 23.0. The molecule has 1 unspecified atom stereocenters. The molecule has 2 aliphatic rings. The number of thioether (sulfide) groups is 1. The molecule has 0 aliphatic carbocycles. The molecule has 0 spiro atoms. The van der Waals surface area contributed by atoms with Gasteiger partial charge in [0.15, 0.2) is 0 Å². The van der Waals surface area contributed by atoms with Crippen molar-refractivity contribution in [3.8, 4) is 0 Å². The van der Waals surface area contributed by atoms with E-state index < -0.39 is 6.04 Å². The quantitative estimate of drug-likeness (QED) is 0.288. The van der Waals surface area contributed by atoms with Crippen molar-refractivity contribution >= 4 is 35.2 Å². The molecule has 0 aromatic heterocycles. The van der Waals surface area contributed by atoms with Crippen molar-refractivity contribution in [1.29, 1.82) is 0 Å². The van der Waals surface area contributed by atoms with E-state index in [0.29, 0.717) is 18.5 Å². The second-order valence-corrected chi connectivity index (χ2v) is 9.73. The summed E-state index contributed by atoms with van der Waals surface area (Å²) in [5.74, 6) is 0.293. The Bertz CT molecular complexity index is 996. The van der Waals surface area contributed by atoms with E-state index >= 15 is 0 Å². The minimum Gasteiger partial charge on any atom is -0.385 e. The number of fused-ring (bicyclic) bond motifs is 1. The first kappa shape index (κ1) is 23.4. The van der Waals surface area contributed by atoms with Crippen LogP contribution in [0.1, 0.15) is 60.9 Å². The Labute approximate surface area is 199 Å². The van der Waals surface area contributed by atoms with Gasteiger partial charge < -0.3 is 10.2 Å². The molecule has 6 nitrogen and oxygen atoms in total. The third-order valence-electron chi connectivity index (χ3n) is 6.22. The summed E-state index contributed by atoms with van der Waals surface area (Å²) in [6.45, 7) is 1.45. The van der Waals surface area contributed by atoms with Gasteiger partial charge in [0.1, 0.15) is 6.04 Å². The van der Waals surface area contributed by atoms with Crippen LogP contribution in [0.4, 0.5) is 5.69 Å². The first-order valence-electron chi connectivity index (χ1n) is 11.8. The lowest BCUT2D eigenvalue weighted by Gasteiger charge is -2.29. The number of benzene rings is 2. The zero-order valence-electron chi connectivity index (χ0n) is 18.8. The fraction of sp³-hybridized carbons (Fsp3) is 0.423. The molecule has 2 aromatic rings. The maximum atomic E-state index is 12.9. The molecule has 2 aromatic carbocycles. The predicted octanol–water partition coefficient (Wildman–Crippen LogP) is 4.60. The lowest BCUT2D eigenvalue weighted by Crippen LogP contribution is -2.52. The largest absolute Gasteiger partial charge is 0.385 e. The average Bonchev–Trinajstić information content (AvgIpc) is 3.15. The highest BCUT2D eigenvalue weighted by atomic mass is 32.2. The maximum Gasteiger partial charge on any atom is 0.255 e. The van der Waals surface area contributed by atoms with Crippen LogP contribution in [0.25, 0.3) is 0 Å². The monoisotopic (exact) mass is 465 g/mol. The van der Waals surface area contributed by atoms with E-state index in [1.165, 1.54) is 31.4 Å². The molecule has 2 aliphatic heterocycles. The van der Waals surface area contributed by atoms with Crippen LogP contribution in [-0.4, -0.2) is 41.0 Å². The van der Waals surface area contributed by atoms with Gasteiger partial charge >= 0.3 is 0 Å². The van der Waals surface area contributed by atoms with Gasteiger partial charge in [0.2, 0.25) is 11.8 Å². The Balaban J connectivity index is 1.18. The number of anilines is 1. The van der Waals surface area contributed by atoms with Crippen LogP contribution in [0.2, 0.25) is 0 Å². The molecule has 0 bridgehead atoms. The van der Waals surface area contributed by atoms with Gasteiger partial charge in [-0.2, -0.15) is 0 Å². The summed E-state index contributed by atoms with van der Waals surface area (Å²) >= 11 is 1.80. The number of nitrogens with zero attached hydrogens (tertiary/aromatic N) is 1. The fourth-order valence-electron chi connectivity index (χ4n) is 4.42. The van der Waals surface area contributed by atoms with E-state index in [1.54, 1.807) is 16.7 Å². The topological polar surface area (TPSA) is 78.5 Å². The first-order chi connectivity index (χ1) is 16.1. The lowest BCUT2D eigenvalue weighted by molar-refractivity contribution is -0.136. The van der Waals surface area contributed by atoms with Crippen molar-refractivity contribution in [2.24, 2.45) is 0 Å². The van der Waals surface area contributed by atoms with Crippen molar-refractivity contribution in [3.63, 3.8) is 0 Å². The third-order valence-corrected chi connectivity index (χ3v) is 7.41. The summed E-state index contributed by atoms with van der Waals surface area (Å²) in [4.78, 5) is 39.4. The van der Waals surface area contributed by atoms with E-state index in [4.69, 9.17) is 0 Å². The maximum absolute atomic E-state index is 12.9. The van der Waals surface area contributed by atoms with Crippen LogP contribution in [0.3, 0.4) is 0 Å². The Hall–Kier alpha value is -2.80. The minimum atomic E-state index is -0.558. The summed E-state index contributed by atoms with van der Waals surface area (Å²) in [7, 11) is 0. The van der Waals surface area contributed by atoms with Gasteiger partial charge in [-0.05, 0) is 54.8 Å². The van der Waals surface area contributed by atoms with Crippen molar-refractivity contribution in [1.82, 2.24) is 10.2 Å².